The van der Waals surface area contributed by atoms with E-state index in [-0.39, 0.29) is 0 Å². The van der Waals surface area contributed by atoms with Gasteiger partial charge in [0.15, 0.2) is 0 Å². The van der Waals surface area contributed by atoms with E-state index in [1.807, 2.05) is 0 Å². The summed E-state index contributed by atoms with van der Waals surface area (Å²) in [6.07, 6.45) is 2.60. The summed E-state index contributed by atoms with van der Waals surface area (Å²) in [6.45, 7) is 11.8. The Morgan fingerprint density at radius 1 is 1.67 bits per heavy atom. The molecule has 1 N–H and O–H groups in total. The molecule has 1 aliphatic carbocycles. The molecule has 0 saturated heterocycles. The summed E-state index contributed by atoms with van der Waals surface area (Å²) in [7, 11) is 0. The van der Waals surface area contributed by atoms with Crippen LogP contribution in [0.3, 0.4) is 0 Å². The van der Waals surface area contributed by atoms with Gasteiger partial charge in [-0.2, -0.15) is 0 Å². The van der Waals surface area contributed by atoms with Crippen LogP contribution in [0.4, 0.5) is 0 Å². The summed E-state index contributed by atoms with van der Waals surface area (Å²) in [6, 6.07) is 0.583. The van der Waals surface area contributed by atoms with E-state index in [0.717, 1.165) is 18.4 Å². The van der Waals surface area contributed by atoms with E-state index in [1.54, 1.807) is 0 Å². The summed E-state index contributed by atoms with van der Waals surface area (Å²) in [5.74, 6) is 1.78. The predicted molar refractivity (Wildman–Crippen MR) is 54.2 cm³/mol. The summed E-state index contributed by atoms with van der Waals surface area (Å²) in [4.78, 5) is 0. The van der Waals surface area contributed by atoms with Crippen molar-refractivity contribution >= 4 is 0 Å². The lowest BCUT2D eigenvalue weighted by molar-refractivity contribution is 0.498. The SMILES string of the molecule is C=C(C)C(NCCC)C1CC1C. The van der Waals surface area contributed by atoms with Crippen LogP contribution in [0.2, 0.25) is 0 Å². The Hall–Kier alpha value is -0.300. The second kappa shape index (κ2) is 4.08. The predicted octanol–water partition coefficient (Wildman–Crippen LogP) is 2.59. The highest BCUT2D eigenvalue weighted by molar-refractivity contribution is 5.10. The Labute approximate surface area is 76.2 Å². The first kappa shape index (κ1) is 9.79. The number of nitrogens with one attached hydrogen (secondary N) is 1. The monoisotopic (exact) mass is 167 g/mol. The second-order valence-corrected chi connectivity index (χ2v) is 4.15. The van der Waals surface area contributed by atoms with Gasteiger partial charge in [0, 0.05) is 6.04 Å². The fourth-order valence-electron chi connectivity index (χ4n) is 1.81. The number of rotatable bonds is 5. The molecule has 1 nitrogen and oxygen atoms in total. The minimum Gasteiger partial charge on any atom is -0.310 e. The standard InChI is InChI=1S/C11H21N/c1-5-6-12-11(8(2)3)10-7-9(10)4/h9-12H,2,5-7H2,1,3-4H3. The lowest BCUT2D eigenvalue weighted by atomic mass is 10.0. The van der Waals surface area contributed by atoms with Gasteiger partial charge in [-0.25, -0.2) is 0 Å². The van der Waals surface area contributed by atoms with Crippen molar-refractivity contribution in [2.24, 2.45) is 11.8 Å². The van der Waals surface area contributed by atoms with Crippen LogP contribution in [0.5, 0.6) is 0 Å². The maximum atomic E-state index is 4.04. The van der Waals surface area contributed by atoms with Crippen LogP contribution in [0.15, 0.2) is 12.2 Å². The van der Waals surface area contributed by atoms with E-state index >= 15 is 0 Å². The van der Waals surface area contributed by atoms with E-state index in [9.17, 15) is 0 Å². The van der Waals surface area contributed by atoms with Crippen LogP contribution >= 0.6 is 0 Å². The molecule has 0 aromatic heterocycles. The average molecular weight is 167 g/mol. The maximum Gasteiger partial charge on any atom is 0.0305 e. The van der Waals surface area contributed by atoms with Gasteiger partial charge in [0.05, 0.1) is 0 Å². The van der Waals surface area contributed by atoms with Crippen molar-refractivity contribution in [2.45, 2.75) is 39.7 Å². The highest BCUT2D eigenvalue weighted by Crippen LogP contribution is 2.42. The summed E-state index contributed by atoms with van der Waals surface area (Å²) in [5, 5.41) is 3.56. The van der Waals surface area contributed by atoms with Crippen LogP contribution in [0.1, 0.15) is 33.6 Å². The van der Waals surface area contributed by atoms with Gasteiger partial charge in [-0.05, 0) is 38.1 Å². The Kier molecular flexibility index (Phi) is 3.33. The molecule has 70 valence electrons. The third-order valence-corrected chi connectivity index (χ3v) is 2.75. The van der Waals surface area contributed by atoms with Crippen LogP contribution < -0.4 is 5.32 Å². The van der Waals surface area contributed by atoms with E-state index in [1.165, 1.54) is 18.4 Å². The van der Waals surface area contributed by atoms with Crippen molar-refractivity contribution in [1.29, 1.82) is 0 Å². The van der Waals surface area contributed by atoms with E-state index in [0.29, 0.717) is 6.04 Å². The van der Waals surface area contributed by atoms with Crippen molar-refractivity contribution < 1.29 is 0 Å². The fraction of sp³-hybridized carbons (Fsp3) is 0.818. The largest absolute Gasteiger partial charge is 0.310 e. The summed E-state index contributed by atoms with van der Waals surface area (Å²) >= 11 is 0. The maximum absolute atomic E-state index is 4.04. The molecule has 0 bridgehead atoms. The van der Waals surface area contributed by atoms with Gasteiger partial charge in [0.25, 0.3) is 0 Å². The molecule has 3 unspecified atom stereocenters. The molecule has 0 amide bonds. The van der Waals surface area contributed by atoms with Crippen molar-refractivity contribution in [3.05, 3.63) is 12.2 Å². The smallest absolute Gasteiger partial charge is 0.0305 e. The van der Waals surface area contributed by atoms with Crippen LogP contribution in [-0.4, -0.2) is 12.6 Å². The van der Waals surface area contributed by atoms with Gasteiger partial charge >= 0.3 is 0 Å². The van der Waals surface area contributed by atoms with Gasteiger partial charge in [0.1, 0.15) is 0 Å². The van der Waals surface area contributed by atoms with Crippen LogP contribution in [0.25, 0.3) is 0 Å². The third kappa shape index (κ3) is 2.34. The molecule has 0 radical (unpaired) electrons. The van der Waals surface area contributed by atoms with E-state index in [2.05, 4.69) is 32.7 Å². The van der Waals surface area contributed by atoms with Gasteiger partial charge in [-0.15, -0.1) is 0 Å². The molecule has 1 aliphatic rings. The van der Waals surface area contributed by atoms with Crippen molar-refractivity contribution in [3.8, 4) is 0 Å². The topological polar surface area (TPSA) is 12.0 Å². The minimum absolute atomic E-state index is 0.583. The first-order valence-corrected chi connectivity index (χ1v) is 5.05. The first-order valence-electron chi connectivity index (χ1n) is 5.05. The highest BCUT2D eigenvalue weighted by atomic mass is 14.9. The van der Waals surface area contributed by atoms with Gasteiger partial charge < -0.3 is 5.32 Å². The molecule has 0 heterocycles. The normalized spacial score (nSPS) is 29.9. The molecule has 0 spiro atoms. The Balaban J connectivity index is 2.34. The molecule has 0 aromatic carbocycles. The fourth-order valence-corrected chi connectivity index (χ4v) is 1.81. The lowest BCUT2D eigenvalue weighted by Gasteiger charge is -2.18. The molecular formula is C11H21N. The quantitative estimate of drug-likeness (QED) is 0.621. The molecule has 0 aliphatic heterocycles. The minimum atomic E-state index is 0.583. The zero-order chi connectivity index (χ0) is 9.14. The number of hydrogen-bond acceptors (Lipinski definition) is 1. The summed E-state index contributed by atoms with van der Waals surface area (Å²) < 4.78 is 0. The number of hydrogen-bond donors (Lipinski definition) is 1. The summed E-state index contributed by atoms with van der Waals surface area (Å²) in [5.41, 5.74) is 1.30. The Morgan fingerprint density at radius 3 is 2.58 bits per heavy atom. The zero-order valence-corrected chi connectivity index (χ0v) is 8.56. The first-order chi connectivity index (χ1) is 5.66. The van der Waals surface area contributed by atoms with Gasteiger partial charge in [0.2, 0.25) is 0 Å². The molecule has 0 aromatic rings. The van der Waals surface area contributed by atoms with Gasteiger partial charge in [-0.1, -0.05) is 26.0 Å². The molecular weight excluding hydrogens is 146 g/mol. The molecule has 12 heavy (non-hydrogen) atoms. The van der Waals surface area contributed by atoms with E-state index in [4.69, 9.17) is 0 Å². The molecule has 1 heteroatoms. The second-order valence-electron chi connectivity index (χ2n) is 4.15. The van der Waals surface area contributed by atoms with Crippen molar-refractivity contribution in [1.82, 2.24) is 5.32 Å². The molecule has 1 saturated carbocycles. The molecule has 3 atom stereocenters. The lowest BCUT2D eigenvalue weighted by Crippen LogP contribution is -2.32. The van der Waals surface area contributed by atoms with Crippen molar-refractivity contribution in [2.75, 3.05) is 6.54 Å². The average Bonchev–Trinajstić information content (AvgIpc) is 2.67. The van der Waals surface area contributed by atoms with Gasteiger partial charge in [-0.3, -0.25) is 0 Å². The van der Waals surface area contributed by atoms with Crippen LogP contribution in [0, 0.1) is 11.8 Å². The van der Waals surface area contributed by atoms with E-state index < -0.39 is 0 Å². The van der Waals surface area contributed by atoms with Crippen LogP contribution in [-0.2, 0) is 0 Å². The Bertz CT molecular complexity index is 162. The third-order valence-electron chi connectivity index (χ3n) is 2.75. The molecule has 1 rings (SSSR count). The van der Waals surface area contributed by atoms with Crippen molar-refractivity contribution in [3.63, 3.8) is 0 Å². The zero-order valence-electron chi connectivity index (χ0n) is 8.56. The highest BCUT2D eigenvalue weighted by Gasteiger charge is 2.39. The molecule has 1 fully saturated rings. The Morgan fingerprint density at radius 2 is 2.25 bits per heavy atom.